The number of rotatable bonds is 2. The average molecular weight is 248 g/mol. The van der Waals surface area contributed by atoms with E-state index in [1.54, 1.807) is 0 Å². The highest BCUT2D eigenvalue weighted by Gasteiger charge is 2.35. The highest BCUT2D eigenvalue weighted by atomic mass is 19.4. The molecule has 0 aliphatic rings. The Morgan fingerprint density at radius 3 is 2.29 bits per heavy atom. The second-order valence-corrected chi connectivity index (χ2v) is 3.75. The van der Waals surface area contributed by atoms with Crippen molar-refractivity contribution in [3.63, 3.8) is 0 Å². The fourth-order valence-electron chi connectivity index (χ4n) is 1.59. The summed E-state index contributed by atoms with van der Waals surface area (Å²) >= 11 is 0. The van der Waals surface area contributed by atoms with Crippen molar-refractivity contribution in [2.75, 3.05) is 0 Å². The zero-order chi connectivity index (χ0) is 13.4. The van der Waals surface area contributed by atoms with Gasteiger partial charge in [0.15, 0.2) is 0 Å². The molecule has 0 spiro atoms. The van der Waals surface area contributed by atoms with E-state index >= 15 is 0 Å². The van der Waals surface area contributed by atoms with E-state index < -0.39 is 28.4 Å². The summed E-state index contributed by atoms with van der Waals surface area (Å²) < 4.78 is 38.0. The summed E-state index contributed by atoms with van der Waals surface area (Å²) in [5.41, 5.74) is 3.95. The van der Waals surface area contributed by atoms with Gasteiger partial charge in [-0.15, -0.1) is 0 Å². The number of halogens is 3. The van der Waals surface area contributed by atoms with Crippen LogP contribution in [0.3, 0.4) is 0 Å². The molecule has 2 N–H and O–H groups in total. The first-order chi connectivity index (χ1) is 7.64. The molecular formula is C10H11F3N2O2. The van der Waals surface area contributed by atoms with Crippen molar-refractivity contribution in [1.82, 2.24) is 0 Å². The lowest BCUT2D eigenvalue weighted by molar-refractivity contribution is -0.385. The smallest absolute Gasteiger partial charge is 0.324 e. The Kier molecular flexibility index (Phi) is 3.42. The minimum absolute atomic E-state index is 0.0712. The van der Waals surface area contributed by atoms with E-state index in [9.17, 15) is 23.3 Å². The van der Waals surface area contributed by atoms with Gasteiger partial charge in [0.25, 0.3) is 5.69 Å². The molecule has 1 aromatic rings. The SMILES string of the molecule is Cc1c([C@@H](C)N)cc([N+](=O)[O-])cc1C(F)(F)F. The van der Waals surface area contributed by atoms with Crippen LogP contribution in [0.5, 0.6) is 0 Å². The van der Waals surface area contributed by atoms with E-state index in [-0.39, 0.29) is 11.1 Å². The maximum absolute atomic E-state index is 12.7. The lowest BCUT2D eigenvalue weighted by Crippen LogP contribution is -2.14. The van der Waals surface area contributed by atoms with Gasteiger partial charge in [0.2, 0.25) is 0 Å². The van der Waals surface area contributed by atoms with Gasteiger partial charge in [-0.25, -0.2) is 0 Å². The zero-order valence-corrected chi connectivity index (χ0v) is 9.21. The third-order valence-electron chi connectivity index (χ3n) is 2.44. The summed E-state index contributed by atoms with van der Waals surface area (Å²) in [6.45, 7) is 2.73. The Morgan fingerprint density at radius 1 is 1.41 bits per heavy atom. The Bertz CT molecular complexity index is 456. The predicted octanol–water partition coefficient (Wildman–Crippen LogP) is 2.94. The number of hydrogen-bond acceptors (Lipinski definition) is 3. The van der Waals surface area contributed by atoms with Crippen LogP contribution >= 0.6 is 0 Å². The molecule has 0 bridgehead atoms. The molecule has 1 rings (SSSR count). The third kappa shape index (κ3) is 2.73. The Morgan fingerprint density at radius 2 is 1.94 bits per heavy atom. The standard InChI is InChI=1S/C10H11F3N2O2/c1-5-8(6(2)14)3-7(15(16)17)4-9(5)10(11,12)13/h3-4,6H,14H2,1-2H3/t6-/m1/s1. The summed E-state index contributed by atoms with van der Waals surface area (Å²) in [5, 5.41) is 10.6. The van der Waals surface area contributed by atoms with Crippen molar-refractivity contribution in [2.45, 2.75) is 26.1 Å². The molecule has 4 nitrogen and oxygen atoms in total. The van der Waals surface area contributed by atoms with Crippen LogP contribution in [0.25, 0.3) is 0 Å². The van der Waals surface area contributed by atoms with Gasteiger partial charge < -0.3 is 5.73 Å². The number of nitrogens with zero attached hydrogens (tertiary/aromatic N) is 1. The first-order valence-corrected chi connectivity index (χ1v) is 4.76. The summed E-state index contributed by atoms with van der Waals surface area (Å²) in [6.07, 6.45) is -4.63. The first-order valence-electron chi connectivity index (χ1n) is 4.76. The van der Waals surface area contributed by atoms with E-state index in [2.05, 4.69) is 0 Å². The molecule has 0 aromatic heterocycles. The fraction of sp³-hybridized carbons (Fsp3) is 0.400. The number of alkyl halides is 3. The van der Waals surface area contributed by atoms with E-state index in [4.69, 9.17) is 5.73 Å². The van der Waals surface area contributed by atoms with Gasteiger partial charge in [0.1, 0.15) is 0 Å². The number of benzene rings is 1. The zero-order valence-electron chi connectivity index (χ0n) is 9.21. The molecular weight excluding hydrogens is 237 g/mol. The van der Waals surface area contributed by atoms with Crippen LogP contribution in [-0.2, 0) is 6.18 Å². The van der Waals surface area contributed by atoms with Crippen molar-refractivity contribution in [2.24, 2.45) is 5.73 Å². The van der Waals surface area contributed by atoms with Crippen LogP contribution in [0.15, 0.2) is 12.1 Å². The number of nitro groups is 1. The fourth-order valence-corrected chi connectivity index (χ4v) is 1.59. The quantitative estimate of drug-likeness (QED) is 0.646. The van der Waals surface area contributed by atoms with Gasteiger partial charge >= 0.3 is 6.18 Å². The van der Waals surface area contributed by atoms with Gasteiger partial charge in [-0.3, -0.25) is 10.1 Å². The van der Waals surface area contributed by atoms with Crippen molar-refractivity contribution >= 4 is 5.69 Å². The molecule has 0 aliphatic heterocycles. The maximum Gasteiger partial charge on any atom is 0.416 e. The Hall–Kier alpha value is -1.63. The van der Waals surface area contributed by atoms with Crippen molar-refractivity contribution < 1.29 is 18.1 Å². The first kappa shape index (κ1) is 13.4. The minimum Gasteiger partial charge on any atom is -0.324 e. The van der Waals surface area contributed by atoms with E-state index in [0.717, 1.165) is 6.07 Å². The molecule has 17 heavy (non-hydrogen) atoms. The number of non-ortho nitro benzene ring substituents is 1. The average Bonchev–Trinajstić information content (AvgIpc) is 2.15. The van der Waals surface area contributed by atoms with Crippen molar-refractivity contribution in [1.29, 1.82) is 0 Å². The lowest BCUT2D eigenvalue weighted by Gasteiger charge is -2.16. The van der Waals surface area contributed by atoms with E-state index in [0.29, 0.717) is 6.07 Å². The van der Waals surface area contributed by atoms with Crippen LogP contribution in [0, 0.1) is 17.0 Å². The monoisotopic (exact) mass is 248 g/mol. The summed E-state index contributed by atoms with van der Waals surface area (Å²) in [4.78, 5) is 9.70. The molecule has 0 saturated carbocycles. The van der Waals surface area contributed by atoms with Crippen LogP contribution in [0.4, 0.5) is 18.9 Å². The summed E-state index contributed by atoms with van der Waals surface area (Å²) in [6, 6.07) is 0.909. The van der Waals surface area contributed by atoms with Crippen LogP contribution in [0.2, 0.25) is 0 Å². The van der Waals surface area contributed by atoms with Crippen LogP contribution in [0.1, 0.15) is 29.7 Å². The molecule has 1 atom stereocenters. The second kappa shape index (κ2) is 4.33. The van der Waals surface area contributed by atoms with Crippen molar-refractivity contribution in [3.05, 3.63) is 38.9 Å². The molecule has 0 aliphatic carbocycles. The molecule has 0 saturated heterocycles. The van der Waals surface area contributed by atoms with Gasteiger partial charge in [-0.2, -0.15) is 13.2 Å². The summed E-state index contributed by atoms with van der Waals surface area (Å²) in [5.74, 6) is 0. The molecule has 0 fully saturated rings. The van der Waals surface area contributed by atoms with Crippen LogP contribution < -0.4 is 5.73 Å². The summed E-state index contributed by atoms with van der Waals surface area (Å²) in [7, 11) is 0. The minimum atomic E-state index is -4.63. The van der Waals surface area contributed by atoms with Gasteiger partial charge in [-0.05, 0) is 25.0 Å². The van der Waals surface area contributed by atoms with Gasteiger partial charge in [0, 0.05) is 18.2 Å². The highest BCUT2D eigenvalue weighted by molar-refractivity contribution is 5.47. The predicted molar refractivity (Wildman–Crippen MR) is 55.4 cm³/mol. The third-order valence-corrected chi connectivity index (χ3v) is 2.44. The number of hydrogen-bond donors (Lipinski definition) is 1. The molecule has 0 unspecified atom stereocenters. The molecule has 0 radical (unpaired) electrons. The molecule has 94 valence electrons. The topological polar surface area (TPSA) is 69.2 Å². The second-order valence-electron chi connectivity index (χ2n) is 3.75. The van der Waals surface area contributed by atoms with Crippen LogP contribution in [-0.4, -0.2) is 4.92 Å². The highest BCUT2D eigenvalue weighted by Crippen LogP contribution is 2.37. The Balaban J connectivity index is 3.55. The molecule has 1 aromatic carbocycles. The van der Waals surface area contributed by atoms with E-state index in [1.165, 1.54) is 13.8 Å². The number of nitrogens with two attached hydrogens (primary N) is 1. The van der Waals surface area contributed by atoms with E-state index in [1.807, 2.05) is 0 Å². The molecule has 0 heterocycles. The normalized spacial score (nSPS) is 13.5. The lowest BCUT2D eigenvalue weighted by atomic mass is 9.96. The van der Waals surface area contributed by atoms with Gasteiger partial charge in [-0.1, -0.05) is 0 Å². The van der Waals surface area contributed by atoms with Crippen molar-refractivity contribution in [3.8, 4) is 0 Å². The number of nitro benzene ring substituents is 1. The molecule has 7 heteroatoms. The van der Waals surface area contributed by atoms with Gasteiger partial charge in [0.05, 0.1) is 10.5 Å². The largest absolute Gasteiger partial charge is 0.416 e. The molecule has 0 amide bonds. The maximum atomic E-state index is 12.7. The Labute approximate surface area is 95.4 Å².